The highest BCUT2D eigenvalue weighted by molar-refractivity contribution is 5.90. The molecule has 2 atom stereocenters. The highest BCUT2D eigenvalue weighted by Crippen LogP contribution is 2.60. The number of allylic oxidation sites excluding steroid dienone is 2. The summed E-state index contributed by atoms with van der Waals surface area (Å²) in [7, 11) is 0. The van der Waals surface area contributed by atoms with Crippen molar-refractivity contribution < 1.29 is 52.7 Å². The van der Waals surface area contributed by atoms with Crippen molar-refractivity contribution in [3.05, 3.63) is 179 Å². The fourth-order valence-electron chi connectivity index (χ4n) is 10.4. The third-order valence-corrected chi connectivity index (χ3v) is 13.3. The number of anilines is 2. The fraction of sp³-hybridized carbons (Fsp3) is 0.265. The van der Waals surface area contributed by atoms with Crippen molar-refractivity contribution >= 4 is 28.4 Å². The molecule has 326 valence electrons. The van der Waals surface area contributed by atoms with Crippen LogP contribution in [0.4, 0.5) is 64.1 Å². The SMILES string of the molecule is CC12C=CCCC1N(c1ccc(C(c3ccc(C(c4ccc(-n5c6c(c7ccccc75)CCC=C6)cc4)(C(F)(F)F)C(F)(F)F)cc3)(C(F)(F)F)C(F)(F)F)cc1)c1ccccc12. The first-order chi connectivity index (χ1) is 29.7. The Bertz CT molecular complexity index is 2720. The van der Waals surface area contributed by atoms with Gasteiger partial charge in [-0.15, -0.1) is 0 Å². The smallest absolute Gasteiger partial charge is 0.337 e. The predicted octanol–water partition coefficient (Wildman–Crippen LogP) is 14.5. The fourth-order valence-corrected chi connectivity index (χ4v) is 10.4. The van der Waals surface area contributed by atoms with Crippen molar-refractivity contribution in [2.45, 2.75) is 79.6 Å². The lowest BCUT2D eigenvalue weighted by Crippen LogP contribution is -2.55. The summed E-state index contributed by atoms with van der Waals surface area (Å²) < 4.78 is 186. The van der Waals surface area contributed by atoms with Crippen LogP contribution in [0.3, 0.4) is 0 Å². The minimum Gasteiger partial charge on any atom is -0.337 e. The number of hydrogen-bond acceptors (Lipinski definition) is 1. The largest absolute Gasteiger partial charge is 0.411 e. The molecular weight excluding hydrogens is 845 g/mol. The topological polar surface area (TPSA) is 8.17 Å². The van der Waals surface area contributed by atoms with Crippen molar-refractivity contribution in [2.24, 2.45) is 0 Å². The van der Waals surface area contributed by atoms with Gasteiger partial charge in [0.15, 0.2) is 0 Å². The third kappa shape index (κ3) is 6.02. The Labute approximate surface area is 353 Å². The second kappa shape index (κ2) is 14.3. The van der Waals surface area contributed by atoms with Gasteiger partial charge in [-0.25, -0.2) is 0 Å². The molecule has 0 saturated heterocycles. The third-order valence-electron chi connectivity index (χ3n) is 13.3. The second-order valence-corrected chi connectivity index (χ2v) is 16.5. The maximum atomic E-state index is 15.3. The van der Waals surface area contributed by atoms with E-state index in [1.54, 1.807) is 28.8 Å². The van der Waals surface area contributed by atoms with Gasteiger partial charge in [0.1, 0.15) is 0 Å². The zero-order valence-electron chi connectivity index (χ0n) is 33.2. The lowest BCUT2D eigenvalue weighted by Gasteiger charge is -2.40. The predicted molar refractivity (Wildman–Crippen MR) is 217 cm³/mol. The summed E-state index contributed by atoms with van der Waals surface area (Å²) >= 11 is 0. The summed E-state index contributed by atoms with van der Waals surface area (Å²) in [6.07, 6.45) is -14.2. The summed E-state index contributed by atoms with van der Waals surface area (Å²) in [6.45, 7) is 2.00. The molecule has 1 aromatic heterocycles. The van der Waals surface area contributed by atoms with Crippen LogP contribution in [0.1, 0.15) is 65.3 Å². The maximum absolute atomic E-state index is 15.3. The summed E-state index contributed by atoms with van der Waals surface area (Å²) in [6, 6.07) is 21.5. The number of rotatable bonds is 6. The van der Waals surface area contributed by atoms with Gasteiger partial charge in [-0.1, -0.05) is 103 Å². The van der Waals surface area contributed by atoms with Crippen molar-refractivity contribution in [2.75, 3.05) is 4.90 Å². The Hall–Kier alpha value is -5.92. The van der Waals surface area contributed by atoms with Crippen molar-refractivity contribution in [1.82, 2.24) is 4.57 Å². The van der Waals surface area contributed by atoms with Gasteiger partial charge >= 0.3 is 24.7 Å². The molecule has 2 unspecified atom stereocenters. The molecule has 5 aromatic carbocycles. The van der Waals surface area contributed by atoms with Gasteiger partial charge in [0.05, 0.1) is 5.52 Å². The van der Waals surface area contributed by atoms with Crippen LogP contribution < -0.4 is 4.90 Å². The van der Waals surface area contributed by atoms with E-state index in [9.17, 15) is 0 Å². The van der Waals surface area contributed by atoms with Crippen LogP contribution in [0.2, 0.25) is 0 Å². The van der Waals surface area contributed by atoms with Crippen molar-refractivity contribution in [3.63, 3.8) is 0 Å². The van der Waals surface area contributed by atoms with Gasteiger partial charge in [-0.3, -0.25) is 0 Å². The van der Waals surface area contributed by atoms with E-state index in [2.05, 4.69) is 0 Å². The number of alkyl halides is 12. The molecular formula is C49H36F12N2. The molecule has 0 spiro atoms. The Morgan fingerprint density at radius 1 is 0.524 bits per heavy atom. The molecule has 0 radical (unpaired) electrons. The van der Waals surface area contributed by atoms with Crippen LogP contribution in [0.15, 0.2) is 140 Å². The first kappa shape index (κ1) is 42.4. The number of aryl methyl sites for hydroxylation is 1. The van der Waals surface area contributed by atoms with Gasteiger partial charge in [0, 0.05) is 39.6 Å². The zero-order valence-corrected chi connectivity index (χ0v) is 33.2. The number of para-hydroxylation sites is 2. The zero-order chi connectivity index (χ0) is 45.0. The molecule has 63 heavy (non-hydrogen) atoms. The Kier molecular flexibility index (Phi) is 9.62. The highest BCUT2D eigenvalue weighted by atomic mass is 19.4. The van der Waals surface area contributed by atoms with Crippen molar-refractivity contribution in [1.29, 1.82) is 0 Å². The summed E-state index contributed by atoms with van der Waals surface area (Å²) in [5, 5.41) is 0.854. The van der Waals surface area contributed by atoms with Crippen LogP contribution in [0, 0.1) is 0 Å². The second-order valence-electron chi connectivity index (χ2n) is 16.5. The van der Waals surface area contributed by atoms with Gasteiger partial charge in [-0.05, 0) is 108 Å². The molecule has 2 aliphatic carbocycles. The number of fused-ring (bicyclic) bond motifs is 6. The number of aromatic nitrogens is 1. The van der Waals surface area contributed by atoms with Gasteiger partial charge in [0.2, 0.25) is 10.8 Å². The average Bonchev–Trinajstić information content (AvgIpc) is 3.70. The number of hydrogen-bond donors (Lipinski definition) is 0. The van der Waals surface area contributed by atoms with Gasteiger partial charge < -0.3 is 9.47 Å². The summed E-state index contributed by atoms with van der Waals surface area (Å²) in [5.74, 6) is 0. The summed E-state index contributed by atoms with van der Waals surface area (Å²) in [4.78, 5) is 1.87. The number of benzene rings is 5. The lowest BCUT2D eigenvalue weighted by molar-refractivity contribution is -0.291. The molecule has 14 heteroatoms. The van der Waals surface area contributed by atoms with Crippen LogP contribution >= 0.6 is 0 Å². The van der Waals surface area contributed by atoms with E-state index in [0.29, 0.717) is 60.4 Å². The molecule has 6 aromatic rings. The Balaban J connectivity index is 1.15. The Morgan fingerprint density at radius 3 is 1.54 bits per heavy atom. The first-order valence-electron chi connectivity index (χ1n) is 20.1. The molecule has 0 amide bonds. The average molecular weight is 881 g/mol. The molecule has 1 aliphatic heterocycles. The maximum Gasteiger partial charge on any atom is 0.411 e. The van der Waals surface area contributed by atoms with Gasteiger partial charge in [0.25, 0.3) is 0 Å². The van der Waals surface area contributed by atoms with Gasteiger partial charge in [-0.2, -0.15) is 52.7 Å². The van der Waals surface area contributed by atoms with Crippen molar-refractivity contribution in [3.8, 4) is 5.69 Å². The number of halogens is 12. The minimum atomic E-state index is -6.17. The van der Waals surface area contributed by atoms with E-state index in [-0.39, 0.29) is 36.0 Å². The molecule has 2 heterocycles. The minimum absolute atomic E-state index is 0.0596. The quantitative estimate of drug-likeness (QED) is 0.120. The van der Waals surface area contributed by atoms with E-state index in [4.69, 9.17) is 0 Å². The molecule has 0 fully saturated rings. The van der Waals surface area contributed by atoms with E-state index in [1.807, 2.05) is 60.4 Å². The highest BCUT2D eigenvalue weighted by Gasteiger charge is 2.74. The molecule has 0 bridgehead atoms. The lowest BCUT2D eigenvalue weighted by atomic mass is 9.69. The van der Waals surface area contributed by atoms with E-state index in [0.717, 1.165) is 52.9 Å². The van der Waals surface area contributed by atoms with E-state index in [1.165, 1.54) is 0 Å². The van der Waals surface area contributed by atoms with E-state index >= 15 is 52.7 Å². The van der Waals surface area contributed by atoms with Crippen LogP contribution in [-0.2, 0) is 22.7 Å². The normalized spacial score (nSPS) is 19.3. The standard InChI is InChI=1S/C49H36F12N2/c1-43-29-9-8-16-42(43)63(41-15-7-4-12-38(41)43)35-27-23-33(24-28-35)45(48(56,57)58,49(59,60)61)31-19-17-30(18-20-31)44(46(50,51)52,47(53,54)55)32-21-25-34(26-22-32)62-39-13-5-2-10-36(39)37-11-3-6-14-40(37)62/h2,4-7,9-10,12-15,17-29,42H,3,8,11,16H2,1H3. The first-order valence-corrected chi connectivity index (χ1v) is 20.1. The van der Waals surface area contributed by atoms with Crippen LogP contribution in [-0.4, -0.2) is 35.3 Å². The molecule has 0 N–H and O–H groups in total. The summed E-state index contributed by atoms with van der Waals surface area (Å²) in [5.41, 5.74) is -11.6. The van der Waals surface area contributed by atoms with E-state index < -0.39 is 63.2 Å². The molecule has 9 rings (SSSR count). The molecule has 0 saturated carbocycles. The molecule has 3 aliphatic rings. The monoisotopic (exact) mass is 880 g/mol. The Morgan fingerprint density at radius 2 is 1.00 bits per heavy atom. The van der Waals surface area contributed by atoms with Crippen LogP contribution in [0.5, 0.6) is 0 Å². The van der Waals surface area contributed by atoms with Crippen LogP contribution in [0.25, 0.3) is 22.7 Å². The number of nitrogens with zero attached hydrogens (tertiary/aromatic N) is 2. The molecule has 2 nitrogen and oxygen atoms in total.